The largest absolute Gasteiger partial charge is 0.465 e. The van der Waals surface area contributed by atoms with Gasteiger partial charge in [0.2, 0.25) is 0 Å². The molecule has 0 aliphatic heterocycles. The van der Waals surface area contributed by atoms with Crippen molar-refractivity contribution in [3.63, 3.8) is 0 Å². The standard InChI is InChI=1S/C8H17NO2/c1-5-11-8(10)7(9-4)6(2)3/h6-7,9H,5H2,1-4H3/t7-/m0/s1. The summed E-state index contributed by atoms with van der Waals surface area (Å²) in [7, 11) is 1.77. The fourth-order valence-electron chi connectivity index (χ4n) is 0.955. The van der Waals surface area contributed by atoms with E-state index in [1.54, 1.807) is 7.05 Å². The molecule has 0 fully saturated rings. The second-order valence-electron chi connectivity index (χ2n) is 2.76. The summed E-state index contributed by atoms with van der Waals surface area (Å²) in [4.78, 5) is 11.1. The summed E-state index contributed by atoms with van der Waals surface area (Å²) < 4.78 is 4.85. The van der Waals surface area contributed by atoms with Crippen LogP contribution in [0.1, 0.15) is 20.8 Å². The van der Waals surface area contributed by atoms with E-state index in [0.29, 0.717) is 6.61 Å². The van der Waals surface area contributed by atoms with Gasteiger partial charge in [0.05, 0.1) is 6.61 Å². The molecule has 66 valence electrons. The van der Waals surface area contributed by atoms with Crippen LogP contribution in [0.3, 0.4) is 0 Å². The van der Waals surface area contributed by atoms with E-state index in [1.165, 1.54) is 0 Å². The van der Waals surface area contributed by atoms with E-state index >= 15 is 0 Å². The minimum absolute atomic E-state index is 0.162. The zero-order valence-electron chi connectivity index (χ0n) is 7.68. The highest BCUT2D eigenvalue weighted by Gasteiger charge is 2.20. The van der Waals surface area contributed by atoms with Crippen molar-refractivity contribution < 1.29 is 9.53 Å². The lowest BCUT2D eigenvalue weighted by Crippen LogP contribution is -2.39. The van der Waals surface area contributed by atoms with Gasteiger partial charge in [-0.15, -0.1) is 0 Å². The van der Waals surface area contributed by atoms with E-state index in [-0.39, 0.29) is 17.9 Å². The van der Waals surface area contributed by atoms with Crippen LogP contribution in [-0.2, 0) is 9.53 Å². The summed E-state index contributed by atoms with van der Waals surface area (Å²) >= 11 is 0. The van der Waals surface area contributed by atoms with Crippen LogP contribution < -0.4 is 5.32 Å². The molecule has 1 N–H and O–H groups in total. The number of nitrogens with one attached hydrogen (secondary N) is 1. The first kappa shape index (κ1) is 10.4. The highest BCUT2D eigenvalue weighted by Crippen LogP contribution is 2.02. The maximum Gasteiger partial charge on any atom is 0.323 e. The van der Waals surface area contributed by atoms with Crippen molar-refractivity contribution in [2.45, 2.75) is 26.8 Å². The van der Waals surface area contributed by atoms with Crippen molar-refractivity contribution in [1.29, 1.82) is 0 Å². The van der Waals surface area contributed by atoms with E-state index in [0.717, 1.165) is 0 Å². The molecule has 0 aromatic rings. The van der Waals surface area contributed by atoms with E-state index in [9.17, 15) is 4.79 Å². The number of carbonyl (C=O) groups is 1. The third-order valence-corrected chi connectivity index (χ3v) is 1.52. The van der Waals surface area contributed by atoms with Crippen LogP contribution in [-0.4, -0.2) is 25.7 Å². The molecule has 0 bridgehead atoms. The molecule has 0 aliphatic carbocycles. The number of carbonyl (C=O) groups excluding carboxylic acids is 1. The Morgan fingerprint density at radius 1 is 1.55 bits per heavy atom. The van der Waals surface area contributed by atoms with Crippen LogP contribution in [0.4, 0.5) is 0 Å². The number of esters is 1. The van der Waals surface area contributed by atoms with Crippen LogP contribution in [0.25, 0.3) is 0 Å². The van der Waals surface area contributed by atoms with Gasteiger partial charge in [-0.2, -0.15) is 0 Å². The molecule has 3 heteroatoms. The Morgan fingerprint density at radius 3 is 2.36 bits per heavy atom. The van der Waals surface area contributed by atoms with Gasteiger partial charge in [-0.05, 0) is 19.9 Å². The monoisotopic (exact) mass is 159 g/mol. The molecular formula is C8H17NO2. The van der Waals surface area contributed by atoms with E-state index in [4.69, 9.17) is 4.74 Å². The number of ether oxygens (including phenoxy) is 1. The summed E-state index contributed by atoms with van der Waals surface area (Å²) in [5, 5.41) is 2.91. The first-order chi connectivity index (χ1) is 5.13. The minimum Gasteiger partial charge on any atom is -0.465 e. The number of hydrogen-bond acceptors (Lipinski definition) is 3. The van der Waals surface area contributed by atoms with Crippen molar-refractivity contribution in [3.05, 3.63) is 0 Å². The van der Waals surface area contributed by atoms with Crippen LogP contribution in [0, 0.1) is 5.92 Å². The molecule has 0 saturated heterocycles. The Hall–Kier alpha value is -0.570. The summed E-state index contributed by atoms with van der Waals surface area (Å²) in [5.74, 6) is 0.115. The van der Waals surface area contributed by atoms with Crippen LogP contribution >= 0.6 is 0 Å². The van der Waals surface area contributed by atoms with E-state index in [1.807, 2.05) is 20.8 Å². The smallest absolute Gasteiger partial charge is 0.323 e. The Kier molecular flexibility index (Phi) is 4.86. The van der Waals surface area contributed by atoms with Crippen molar-refractivity contribution >= 4 is 5.97 Å². The van der Waals surface area contributed by atoms with Crippen molar-refractivity contribution in [2.75, 3.05) is 13.7 Å². The van der Waals surface area contributed by atoms with E-state index in [2.05, 4.69) is 5.32 Å². The van der Waals surface area contributed by atoms with Gasteiger partial charge in [-0.25, -0.2) is 0 Å². The number of hydrogen-bond donors (Lipinski definition) is 1. The Bertz CT molecular complexity index is 123. The molecular weight excluding hydrogens is 142 g/mol. The predicted octanol–water partition coefficient (Wildman–Crippen LogP) is 0.793. The summed E-state index contributed by atoms with van der Waals surface area (Å²) in [6.45, 7) is 6.23. The van der Waals surface area contributed by atoms with Gasteiger partial charge in [0.1, 0.15) is 6.04 Å². The molecule has 0 spiro atoms. The van der Waals surface area contributed by atoms with Crippen LogP contribution in [0.2, 0.25) is 0 Å². The third kappa shape index (κ3) is 3.37. The molecule has 0 aromatic heterocycles. The molecule has 1 atom stereocenters. The molecule has 11 heavy (non-hydrogen) atoms. The molecule has 0 aromatic carbocycles. The molecule has 0 radical (unpaired) electrons. The van der Waals surface area contributed by atoms with Gasteiger partial charge >= 0.3 is 5.97 Å². The lowest BCUT2D eigenvalue weighted by Gasteiger charge is -2.17. The highest BCUT2D eigenvalue weighted by molar-refractivity contribution is 5.75. The molecule has 0 heterocycles. The summed E-state index contributed by atoms with van der Waals surface area (Å²) in [5.41, 5.74) is 0. The molecule has 3 nitrogen and oxygen atoms in total. The average molecular weight is 159 g/mol. The summed E-state index contributed by atoms with van der Waals surface area (Å²) in [6.07, 6.45) is 0. The maximum atomic E-state index is 11.1. The fourth-order valence-corrected chi connectivity index (χ4v) is 0.955. The van der Waals surface area contributed by atoms with Crippen LogP contribution in [0.15, 0.2) is 0 Å². The van der Waals surface area contributed by atoms with E-state index < -0.39 is 0 Å². The van der Waals surface area contributed by atoms with Gasteiger partial charge in [0, 0.05) is 0 Å². The summed E-state index contributed by atoms with van der Waals surface area (Å²) in [6, 6.07) is -0.171. The number of likely N-dealkylation sites (N-methyl/N-ethyl adjacent to an activating group) is 1. The lowest BCUT2D eigenvalue weighted by atomic mass is 10.1. The predicted molar refractivity (Wildman–Crippen MR) is 44.3 cm³/mol. The quantitative estimate of drug-likeness (QED) is 0.616. The molecule has 0 saturated carbocycles. The third-order valence-electron chi connectivity index (χ3n) is 1.52. The maximum absolute atomic E-state index is 11.1. The van der Waals surface area contributed by atoms with Crippen molar-refractivity contribution in [3.8, 4) is 0 Å². The SMILES string of the molecule is CCOC(=O)[C@@H](NC)C(C)C. The lowest BCUT2D eigenvalue weighted by molar-refractivity contribution is -0.146. The van der Waals surface area contributed by atoms with Crippen LogP contribution in [0.5, 0.6) is 0 Å². The topological polar surface area (TPSA) is 38.3 Å². The second kappa shape index (κ2) is 5.13. The Balaban J connectivity index is 3.92. The Labute approximate surface area is 68.1 Å². The average Bonchev–Trinajstić information content (AvgIpc) is 1.88. The first-order valence-corrected chi connectivity index (χ1v) is 3.97. The molecule has 0 amide bonds. The normalized spacial score (nSPS) is 13.2. The van der Waals surface area contributed by atoms with Crippen molar-refractivity contribution in [2.24, 2.45) is 5.92 Å². The van der Waals surface area contributed by atoms with Gasteiger partial charge in [-0.1, -0.05) is 13.8 Å². The molecule has 0 rings (SSSR count). The highest BCUT2D eigenvalue weighted by atomic mass is 16.5. The first-order valence-electron chi connectivity index (χ1n) is 3.97. The molecule has 0 unspecified atom stereocenters. The Morgan fingerprint density at radius 2 is 2.09 bits per heavy atom. The van der Waals surface area contributed by atoms with Crippen molar-refractivity contribution in [1.82, 2.24) is 5.32 Å². The number of rotatable bonds is 4. The van der Waals surface area contributed by atoms with Gasteiger partial charge < -0.3 is 10.1 Å². The molecule has 0 aliphatic rings. The van der Waals surface area contributed by atoms with Gasteiger partial charge in [0.25, 0.3) is 0 Å². The zero-order valence-corrected chi connectivity index (χ0v) is 7.68. The van der Waals surface area contributed by atoms with Gasteiger partial charge in [0.15, 0.2) is 0 Å². The zero-order chi connectivity index (χ0) is 8.85. The minimum atomic E-state index is -0.171. The second-order valence-corrected chi connectivity index (χ2v) is 2.76. The van der Waals surface area contributed by atoms with Gasteiger partial charge in [-0.3, -0.25) is 4.79 Å². The fraction of sp³-hybridized carbons (Fsp3) is 0.875.